The molecule has 2 heteroatoms. The molecule has 0 unspecified atom stereocenters. The molecule has 0 saturated heterocycles. The standard InChI is InChI=1S/C17H20O2/c18-16(19-15-7-3-1-4-8-15)11-14-12-17(13-14)9-5-2-6-10-17/h1,3-4,7-8,11H,2,5-6,9-10,12-13H2. The van der Waals surface area contributed by atoms with E-state index in [1.807, 2.05) is 18.2 Å². The van der Waals surface area contributed by atoms with Crippen molar-refractivity contribution in [1.82, 2.24) is 0 Å². The maximum Gasteiger partial charge on any atom is 0.336 e. The van der Waals surface area contributed by atoms with Gasteiger partial charge in [-0.25, -0.2) is 4.79 Å². The Morgan fingerprint density at radius 3 is 2.42 bits per heavy atom. The van der Waals surface area contributed by atoms with Crippen LogP contribution in [0.3, 0.4) is 0 Å². The van der Waals surface area contributed by atoms with Gasteiger partial charge in [0.1, 0.15) is 5.75 Å². The Labute approximate surface area is 114 Å². The fraction of sp³-hybridized carbons (Fsp3) is 0.471. The Hall–Kier alpha value is -1.57. The topological polar surface area (TPSA) is 26.3 Å². The molecular formula is C17H20O2. The number of benzene rings is 1. The van der Waals surface area contributed by atoms with E-state index in [-0.39, 0.29) is 5.97 Å². The number of esters is 1. The third kappa shape index (κ3) is 2.89. The van der Waals surface area contributed by atoms with E-state index in [0.717, 1.165) is 12.8 Å². The number of carbonyl (C=O) groups is 1. The summed E-state index contributed by atoms with van der Waals surface area (Å²) in [5, 5.41) is 0. The van der Waals surface area contributed by atoms with Crippen LogP contribution in [0.2, 0.25) is 0 Å². The van der Waals surface area contributed by atoms with Crippen LogP contribution >= 0.6 is 0 Å². The summed E-state index contributed by atoms with van der Waals surface area (Å²) in [6, 6.07) is 9.26. The molecule has 3 rings (SSSR count). The van der Waals surface area contributed by atoms with Crippen LogP contribution in [0, 0.1) is 5.41 Å². The van der Waals surface area contributed by atoms with Gasteiger partial charge in [-0.2, -0.15) is 0 Å². The van der Waals surface area contributed by atoms with Crippen molar-refractivity contribution in [2.45, 2.75) is 44.9 Å². The number of allylic oxidation sites excluding steroid dienone is 1. The van der Waals surface area contributed by atoms with E-state index in [1.54, 1.807) is 18.2 Å². The fourth-order valence-corrected chi connectivity index (χ4v) is 3.47. The highest BCUT2D eigenvalue weighted by molar-refractivity contribution is 5.85. The van der Waals surface area contributed by atoms with E-state index in [0.29, 0.717) is 11.2 Å². The molecule has 0 aliphatic heterocycles. The molecule has 1 aromatic carbocycles. The third-order valence-corrected chi connectivity index (χ3v) is 4.40. The normalized spacial score (nSPS) is 20.7. The predicted octanol–water partition coefficient (Wildman–Crippen LogP) is 4.26. The lowest BCUT2D eigenvalue weighted by Gasteiger charge is -2.46. The summed E-state index contributed by atoms with van der Waals surface area (Å²) in [4.78, 5) is 11.8. The minimum atomic E-state index is -0.230. The summed E-state index contributed by atoms with van der Waals surface area (Å²) in [5.41, 5.74) is 1.81. The Kier molecular flexibility index (Phi) is 3.41. The summed E-state index contributed by atoms with van der Waals surface area (Å²) in [6.07, 6.45) is 10.7. The minimum absolute atomic E-state index is 0.230. The lowest BCUT2D eigenvalue weighted by molar-refractivity contribution is -0.129. The van der Waals surface area contributed by atoms with E-state index in [9.17, 15) is 4.79 Å². The zero-order chi connectivity index (χ0) is 13.1. The first-order valence-corrected chi connectivity index (χ1v) is 7.22. The van der Waals surface area contributed by atoms with Gasteiger partial charge in [-0.15, -0.1) is 0 Å². The number of ether oxygens (including phenoxy) is 1. The van der Waals surface area contributed by atoms with Crippen molar-refractivity contribution >= 4 is 5.97 Å². The minimum Gasteiger partial charge on any atom is -0.423 e. The molecule has 2 fully saturated rings. The van der Waals surface area contributed by atoms with Gasteiger partial charge in [0, 0.05) is 6.08 Å². The van der Waals surface area contributed by atoms with Gasteiger partial charge in [-0.1, -0.05) is 43.0 Å². The van der Waals surface area contributed by atoms with Gasteiger partial charge in [0.05, 0.1) is 0 Å². The highest BCUT2D eigenvalue weighted by Gasteiger charge is 2.41. The molecule has 1 spiro atoms. The number of hydrogen-bond donors (Lipinski definition) is 0. The molecule has 19 heavy (non-hydrogen) atoms. The molecule has 2 saturated carbocycles. The van der Waals surface area contributed by atoms with Crippen molar-refractivity contribution < 1.29 is 9.53 Å². The SMILES string of the molecule is O=C(C=C1CC2(CCCCC2)C1)Oc1ccccc1. The molecule has 0 N–H and O–H groups in total. The van der Waals surface area contributed by atoms with Crippen LogP contribution in [0.5, 0.6) is 5.75 Å². The Bertz CT molecular complexity index is 471. The van der Waals surface area contributed by atoms with E-state index in [2.05, 4.69) is 0 Å². The second kappa shape index (κ2) is 5.20. The number of rotatable bonds is 2. The number of hydrogen-bond acceptors (Lipinski definition) is 2. The van der Waals surface area contributed by atoms with E-state index < -0.39 is 0 Å². The maximum atomic E-state index is 11.8. The van der Waals surface area contributed by atoms with Crippen LogP contribution in [0.1, 0.15) is 44.9 Å². The molecule has 2 aliphatic carbocycles. The highest BCUT2D eigenvalue weighted by Crippen LogP contribution is 2.54. The van der Waals surface area contributed by atoms with Crippen molar-refractivity contribution in [1.29, 1.82) is 0 Å². The average Bonchev–Trinajstić information content (AvgIpc) is 2.39. The van der Waals surface area contributed by atoms with E-state index in [1.165, 1.54) is 37.7 Å². The van der Waals surface area contributed by atoms with Gasteiger partial charge in [0.2, 0.25) is 0 Å². The molecule has 0 amide bonds. The molecule has 2 nitrogen and oxygen atoms in total. The number of carbonyl (C=O) groups excluding carboxylic acids is 1. The van der Waals surface area contributed by atoms with Crippen LogP contribution in [-0.2, 0) is 4.79 Å². The summed E-state index contributed by atoms with van der Waals surface area (Å²) in [5.74, 6) is 0.392. The molecule has 0 heterocycles. The molecular weight excluding hydrogens is 236 g/mol. The zero-order valence-electron chi connectivity index (χ0n) is 11.2. The maximum absolute atomic E-state index is 11.8. The summed E-state index contributed by atoms with van der Waals surface area (Å²) < 4.78 is 5.28. The quantitative estimate of drug-likeness (QED) is 0.449. The van der Waals surface area contributed by atoms with E-state index in [4.69, 9.17) is 4.74 Å². The third-order valence-electron chi connectivity index (χ3n) is 4.40. The van der Waals surface area contributed by atoms with Crippen LogP contribution < -0.4 is 4.74 Å². The molecule has 2 aliphatic rings. The van der Waals surface area contributed by atoms with Gasteiger partial charge in [0.25, 0.3) is 0 Å². The smallest absolute Gasteiger partial charge is 0.336 e. The Morgan fingerprint density at radius 2 is 1.74 bits per heavy atom. The van der Waals surface area contributed by atoms with E-state index >= 15 is 0 Å². The van der Waals surface area contributed by atoms with Crippen molar-refractivity contribution in [3.8, 4) is 5.75 Å². The first kappa shape index (κ1) is 12.5. The Balaban J connectivity index is 1.54. The van der Waals surface area contributed by atoms with Crippen molar-refractivity contribution in [3.63, 3.8) is 0 Å². The first-order valence-electron chi connectivity index (χ1n) is 7.22. The molecule has 0 aromatic heterocycles. The molecule has 0 atom stereocenters. The van der Waals surface area contributed by atoms with Crippen molar-refractivity contribution in [2.75, 3.05) is 0 Å². The lowest BCUT2D eigenvalue weighted by Crippen LogP contribution is -2.34. The van der Waals surface area contributed by atoms with Crippen LogP contribution in [0.15, 0.2) is 42.0 Å². The molecule has 1 aromatic rings. The predicted molar refractivity (Wildman–Crippen MR) is 74.9 cm³/mol. The molecule has 0 radical (unpaired) electrons. The van der Waals surface area contributed by atoms with Gasteiger partial charge < -0.3 is 4.74 Å². The summed E-state index contributed by atoms with van der Waals surface area (Å²) >= 11 is 0. The summed E-state index contributed by atoms with van der Waals surface area (Å²) in [6.45, 7) is 0. The van der Waals surface area contributed by atoms with Crippen LogP contribution in [0.25, 0.3) is 0 Å². The van der Waals surface area contributed by atoms with Gasteiger partial charge >= 0.3 is 5.97 Å². The fourth-order valence-electron chi connectivity index (χ4n) is 3.47. The first-order chi connectivity index (χ1) is 9.26. The van der Waals surface area contributed by atoms with Crippen LogP contribution in [0.4, 0.5) is 0 Å². The van der Waals surface area contributed by atoms with Crippen LogP contribution in [-0.4, -0.2) is 5.97 Å². The monoisotopic (exact) mass is 256 g/mol. The van der Waals surface area contributed by atoms with Crippen molar-refractivity contribution in [3.05, 3.63) is 42.0 Å². The summed E-state index contributed by atoms with van der Waals surface area (Å²) in [7, 11) is 0. The lowest BCUT2D eigenvalue weighted by atomic mass is 9.58. The number of para-hydroxylation sites is 1. The largest absolute Gasteiger partial charge is 0.423 e. The highest BCUT2D eigenvalue weighted by atomic mass is 16.5. The second-order valence-electron chi connectivity index (χ2n) is 5.95. The van der Waals surface area contributed by atoms with Crippen molar-refractivity contribution in [2.24, 2.45) is 5.41 Å². The van der Waals surface area contributed by atoms with Gasteiger partial charge in [-0.3, -0.25) is 0 Å². The van der Waals surface area contributed by atoms with Gasteiger partial charge in [-0.05, 0) is 43.2 Å². The molecule has 100 valence electrons. The zero-order valence-corrected chi connectivity index (χ0v) is 11.2. The Morgan fingerprint density at radius 1 is 1.05 bits per heavy atom. The van der Waals surface area contributed by atoms with Gasteiger partial charge in [0.15, 0.2) is 0 Å². The second-order valence-corrected chi connectivity index (χ2v) is 5.95. The average molecular weight is 256 g/mol. The molecule has 0 bridgehead atoms.